The SMILES string of the molecule is Cn1cncc1C(Cc1cc(F)ccc1Br)NN. The molecule has 3 N–H and O–H groups in total. The molecule has 1 unspecified atom stereocenters. The van der Waals surface area contributed by atoms with Crippen LogP contribution in [0.3, 0.4) is 0 Å². The Kier molecular flexibility index (Phi) is 4.11. The van der Waals surface area contributed by atoms with Gasteiger partial charge in [0, 0.05) is 17.7 Å². The van der Waals surface area contributed by atoms with E-state index in [9.17, 15) is 4.39 Å². The summed E-state index contributed by atoms with van der Waals surface area (Å²) >= 11 is 3.41. The van der Waals surface area contributed by atoms with Crippen LogP contribution in [0.1, 0.15) is 17.3 Å². The summed E-state index contributed by atoms with van der Waals surface area (Å²) in [5, 5.41) is 0. The van der Waals surface area contributed by atoms with Gasteiger partial charge in [0.2, 0.25) is 0 Å². The van der Waals surface area contributed by atoms with Crippen LogP contribution in [0.4, 0.5) is 4.39 Å². The predicted octanol–water partition coefficient (Wildman–Crippen LogP) is 2.07. The van der Waals surface area contributed by atoms with Crippen molar-refractivity contribution >= 4 is 15.9 Å². The van der Waals surface area contributed by atoms with Crippen molar-refractivity contribution in [3.8, 4) is 0 Å². The molecule has 2 rings (SSSR count). The second kappa shape index (κ2) is 5.60. The molecule has 0 aliphatic carbocycles. The summed E-state index contributed by atoms with van der Waals surface area (Å²) in [6, 6.07) is 4.50. The lowest BCUT2D eigenvalue weighted by atomic mass is 10.0. The summed E-state index contributed by atoms with van der Waals surface area (Å²) in [5.74, 6) is 5.31. The second-order valence-electron chi connectivity index (χ2n) is 4.09. The van der Waals surface area contributed by atoms with Crippen LogP contribution in [0.5, 0.6) is 0 Å². The number of nitrogens with two attached hydrogens (primary N) is 1. The summed E-state index contributed by atoms with van der Waals surface area (Å²) in [4.78, 5) is 4.05. The molecule has 2 aromatic rings. The average molecular weight is 313 g/mol. The first-order valence-electron chi connectivity index (χ1n) is 5.48. The largest absolute Gasteiger partial charge is 0.336 e. The zero-order valence-corrected chi connectivity index (χ0v) is 11.5. The fourth-order valence-corrected chi connectivity index (χ4v) is 2.28. The van der Waals surface area contributed by atoms with Gasteiger partial charge in [0.25, 0.3) is 0 Å². The highest BCUT2D eigenvalue weighted by Crippen LogP contribution is 2.24. The molecule has 18 heavy (non-hydrogen) atoms. The quantitative estimate of drug-likeness (QED) is 0.671. The monoisotopic (exact) mass is 312 g/mol. The summed E-state index contributed by atoms with van der Waals surface area (Å²) < 4.78 is 16.0. The van der Waals surface area contributed by atoms with Gasteiger partial charge in [-0.3, -0.25) is 11.3 Å². The van der Waals surface area contributed by atoms with Gasteiger partial charge < -0.3 is 4.57 Å². The third-order valence-electron chi connectivity index (χ3n) is 2.84. The van der Waals surface area contributed by atoms with Gasteiger partial charge in [-0.25, -0.2) is 9.37 Å². The maximum atomic E-state index is 13.2. The maximum Gasteiger partial charge on any atom is 0.123 e. The Morgan fingerprint density at radius 2 is 2.33 bits per heavy atom. The molecular weight excluding hydrogens is 299 g/mol. The highest BCUT2D eigenvalue weighted by atomic mass is 79.9. The third-order valence-corrected chi connectivity index (χ3v) is 3.62. The van der Waals surface area contributed by atoms with E-state index >= 15 is 0 Å². The Hall–Kier alpha value is -1.24. The molecule has 0 aliphatic heterocycles. The van der Waals surface area contributed by atoms with Gasteiger partial charge in [-0.15, -0.1) is 0 Å². The van der Waals surface area contributed by atoms with E-state index in [0.29, 0.717) is 6.42 Å². The molecule has 1 aromatic carbocycles. The molecule has 0 fully saturated rings. The lowest BCUT2D eigenvalue weighted by Crippen LogP contribution is -2.31. The highest BCUT2D eigenvalue weighted by Gasteiger charge is 2.15. The molecule has 0 saturated heterocycles. The van der Waals surface area contributed by atoms with Gasteiger partial charge in [-0.1, -0.05) is 15.9 Å². The number of aromatic nitrogens is 2. The third kappa shape index (κ3) is 2.77. The molecule has 1 atom stereocenters. The van der Waals surface area contributed by atoms with Gasteiger partial charge in [-0.05, 0) is 30.2 Å². The fourth-order valence-electron chi connectivity index (χ4n) is 1.87. The lowest BCUT2D eigenvalue weighted by Gasteiger charge is -2.17. The summed E-state index contributed by atoms with van der Waals surface area (Å²) in [5.41, 5.74) is 4.55. The smallest absolute Gasteiger partial charge is 0.123 e. The van der Waals surface area contributed by atoms with E-state index in [0.717, 1.165) is 15.7 Å². The number of aryl methyl sites for hydroxylation is 1. The van der Waals surface area contributed by atoms with Crippen molar-refractivity contribution in [2.75, 3.05) is 0 Å². The van der Waals surface area contributed by atoms with Gasteiger partial charge in [0.05, 0.1) is 18.1 Å². The number of rotatable bonds is 4. The van der Waals surface area contributed by atoms with Gasteiger partial charge >= 0.3 is 0 Å². The topological polar surface area (TPSA) is 55.9 Å². The molecule has 0 radical (unpaired) electrons. The molecule has 0 spiro atoms. The van der Waals surface area contributed by atoms with Crippen molar-refractivity contribution < 1.29 is 4.39 Å². The number of hydrogen-bond donors (Lipinski definition) is 2. The number of hydrogen-bond acceptors (Lipinski definition) is 3. The Bertz CT molecular complexity index is 541. The van der Waals surface area contributed by atoms with Crippen molar-refractivity contribution in [2.45, 2.75) is 12.5 Å². The minimum atomic E-state index is -0.256. The molecular formula is C12H14BrFN4. The number of benzene rings is 1. The summed E-state index contributed by atoms with van der Waals surface area (Å²) in [6.45, 7) is 0. The summed E-state index contributed by atoms with van der Waals surface area (Å²) in [7, 11) is 1.90. The molecule has 0 bridgehead atoms. The Balaban J connectivity index is 2.26. The minimum absolute atomic E-state index is 0.115. The van der Waals surface area contributed by atoms with E-state index in [1.807, 2.05) is 11.6 Å². The fraction of sp³-hybridized carbons (Fsp3) is 0.250. The first-order chi connectivity index (χ1) is 8.61. The number of imidazole rings is 1. The summed E-state index contributed by atoms with van der Waals surface area (Å²) in [6.07, 6.45) is 4.03. The number of halogens is 2. The molecule has 6 heteroatoms. The van der Waals surface area contributed by atoms with Crippen LogP contribution < -0.4 is 11.3 Å². The molecule has 1 aromatic heterocycles. The van der Waals surface area contributed by atoms with Crippen molar-refractivity contribution in [3.05, 3.63) is 52.3 Å². The van der Waals surface area contributed by atoms with Crippen molar-refractivity contribution in [3.63, 3.8) is 0 Å². The van der Waals surface area contributed by atoms with Gasteiger partial charge in [-0.2, -0.15) is 0 Å². The van der Waals surface area contributed by atoms with Crippen LogP contribution in [0.15, 0.2) is 35.2 Å². The molecule has 0 amide bonds. The average Bonchev–Trinajstić information content (AvgIpc) is 2.77. The standard InChI is InChI=1S/C12H14BrFN4/c1-18-7-16-6-12(18)11(17-15)5-8-4-9(14)2-3-10(8)13/h2-4,6-7,11,17H,5,15H2,1H3. The van der Waals surface area contributed by atoms with Crippen LogP contribution >= 0.6 is 15.9 Å². The Morgan fingerprint density at radius 3 is 2.94 bits per heavy atom. The van der Waals surface area contributed by atoms with Crippen LogP contribution in [-0.2, 0) is 13.5 Å². The normalized spacial score (nSPS) is 12.7. The van der Waals surface area contributed by atoms with E-state index < -0.39 is 0 Å². The molecule has 0 aliphatic rings. The zero-order valence-electron chi connectivity index (χ0n) is 9.90. The predicted molar refractivity (Wildman–Crippen MR) is 71.1 cm³/mol. The number of nitrogens with zero attached hydrogens (tertiary/aromatic N) is 2. The molecule has 96 valence electrons. The van der Waals surface area contributed by atoms with Crippen LogP contribution in [0.2, 0.25) is 0 Å². The number of hydrazine groups is 1. The Labute approximate surface area is 113 Å². The molecule has 0 saturated carbocycles. The van der Waals surface area contributed by atoms with Gasteiger partial charge in [0.1, 0.15) is 5.82 Å². The minimum Gasteiger partial charge on any atom is -0.336 e. The molecule has 4 nitrogen and oxygen atoms in total. The van der Waals surface area contributed by atoms with Crippen molar-refractivity contribution in [1.29, 1.82) is 0 Å². The van der Waals surface area contributed by atoms with Crippen molar-refractivity contribution in [1.82, 2.24) is 15.0 Å². The first-order valence-corrected chi connectivity index (χ1v) is 6.27. The van der Waals surface area contributed by atoms with Crippen LogP contribution in [-0.4, -0.2) is 9.55 Å². The molecule has 1 heterocycles. The Morgan fingerprint density at radius 1 is 1.56 bits per heavy atom. The van der Waals surface area contributed by atoms with Crippen LogP contribution in [0, 0.1) is 5.82 Å². The maximum absolute atomic E-state index is 13.2. The van der Waals surface area contributed by atoms with E-state index in [1.54, 1.807) is 18.6 Å². The zero-order chi connectivity index (χ0) is 13.1. The lowest BCUT2D eigenvalue weighted by molar-refractivity contribution is 0.519. The highest BCUT2D eigenvalue weighted by molar-refractivity contribution is 9.10. The van der Waals surface area contributed by atoms with E-state index in [-0.39, 0.29) is 11.9 Å². The van der Waals surface area contributed by atoms with Crippen LogP contribution in [0.25, 0.3) is 0 Å². The van der Waals surface area contributed by atoms with E-state index in [4.69, 9.17) is 5.84 Å². The first kappa shape index (κ1) is 13.2. The van der Waals surface area contributed by atoms with E-state index in [1.165, 1.54) is 12.1 Å². The number of nitrogens with one attached hydrogen (secondary N) is 1. The second-order valence-corrected chi connectivity index (χ2v) is 4.94. The van der Waals surface area contributed by atoms with E-state index in [2.05, 4.69) is 26.3 Å². The van der Waals surface area contributed by atoms with Crippen molar-refractivity contribution in [2.24, 2.45) is 12.9 Å². The van der Waals surface area contributed by atoms with Gasteiger partial charge in [0.15, 0.2) is 0 Å².